The number of hydrogen-bond donors (Lipinski definition) is 1. The largest absolute Gasteiger partial charge is 0.396 e. The normalized spacial score (nSPS) is 21.3. The number of hydrogen-bond acceptors (Lipinski definition) is 2. The summed E-state index contributed by atoms with van der Waals surface area (Å²) in [4.78, 5) is 13.8. The molecule has 0 bridgehead atoms. The van der Waals surface area contributed by atoms with Crippen molar-refractivity contribution in [2.24, 2.45) is 11.8 Å². The summed E-state index contributed by atoms with van der Waals surface area (Å²) in [7, 11) is 0. The van der Waals surface area contributed by atoms with Gasteiger partial charge in [-0.05, 0) is 12.3 Å². The van der Waals surface area contributed by atoms with Crippen LogP contribution in [-0.4, -0.2) is 35.6 Å². The molecule has 3 nitrogen and oxygen atoms in total. The fraction of sp³-hybridized carbons (Fsp3) is 0.917. The second-order valence-electron chi connectivity index (χ2n) is 4.56. The quantitative estimate of drug-likeness (QED) is 0.754. The van der Waals surface area contributed by atoms with Gasteiger partial charge in [0.15, 0.2) is 0 Å². The van der Waals surface area contributed by atoms with Crippen molar-refractivity contribution < 1.29 is 9.90 Å². The Balaban J connectivity index is 2.34. The number of aliphatic hydroxyl groups is 1. The van der Waals surface area contributed by atoms with Crippen LogP contribution < -0.4 is 0 Å². The highest BCUT2D eigenvalue weighted by atomic mass is 16.3. The zero-order valence-corrected chi connectivity index (χ0v) is 9.91. The molecule has 1 N–H and O–H groups in total. The van der Waals surface area contributed by atoms with Gasteiger partial charge in [-0.1, -0.05) is 26.7 Å². The molecule has 1 unspecified atom stereocenters. The summed E-state index contributed by atoms with van der Waals surface area (Å²) < 4.78 is 0. The molecular weight excluding hydrogens is 190 g/mol. The first-order valence-corrected chi connectivity index (χ1v) is 6.09. The first kappa shape index (κ1) is 12.5. The van der Waals surface area contributed by atoms with Gasteiger partial charge < -0.3 is 10.0 Å². The molecule has 1 fully saturated rings. The van der Waals surface area contributed by atoms with Crippen LogP contribution in [-0.2, 0) is 4.79 Å². The molecule has 1 aliphatic rings. The predicted octanol–water partition coefficient (Wildman–Crippen LogP) is 1.65. The maximum Gasteiger partial charge on any atom is 0.222 e. The van der Waals surface area contributed by atoms with E-state index >= 15 is 0 Å². The molecule has 1 rings (SSSR count). The van der Waals surface area contributed by atoms with E-state index in [0.29, 0.717) is 18.3 Å². The van der Waals surface area contributed by atoms with Crippen LogP contribution >= 0.6 is 0 Å². The second kappa shape index (κ2) is 6.11. The molecule has 1 atom stereocenters. The van der Waals surface area contributed by atoms with Gasteiger partial charge in [0.1, 0.15) is 0 Å². The highest BCUT2D eigenvalue weighted by Crippen LogP contribution is 2.20. The van der Waals surface area contributed by atoms with Gasteiger partial charge in [0, 0.05) is 32.0 Å². The number of amides is 1. The van der Waals surface area contributed by atoms with Crippen LogP contribution in [0.5, 0.6) is 0 Å². The first-order chi connectivity index (χ1) is 7.21. The molecule has 0 aromatic carbocycles. The van der Waals surface area contributed by atoms with Crippen molar-refractivity contribution in [1.82, 2.24) is 4.90 Å². The fourth-order valence-electron chi connectivity index (χ4n) is 2.16. The summed E-state index contributed by atoms with van der Waals surface area (Å²) >= 11 is 0. The van der Waals surface area contributed by atoms with Gasteiger partial charge in [0.05, 0.1) is 0 Å². The number of nitrogens with zero attached hydrogens (tertiary/aromatic N) is 1. The average molecular weight is 213 g/mol. The minimum atomic E-state index is 0.217. The average Bonchev–Trinajstić information content (AvgIpc) is 2.74. The molecule has 1 amide bonds. The van der Waals surface area contributed by atoms with Gasteiger partial charge in [-0.15, -0.1) is 0 Å². The molecule has 15 heavy (non-hydrogen) atoms. The number of rotatable bonds is 5. The molecule has 1 aliphatic heterocycles. The number of aliphatic hydroxyl groups excluding tert-OH is 1. The summed E-state index contributed by atoms with van der Waals surface area (Å²) in [5, 5.41) is 9.00. The molecule has 1 saturated heterocycles. The van der Waals surface area contributed by atoms with Crippen molar-refractivity contribution in [3.63, 3.8) is 0 Å². The molecular formula is C12H23NO2. The lowest BCUT2D eigenvalue weighted by molar-refractivity contribution is -0.131. The molecule has 0 radical (unpaired) electrons. The van der Waals surface area contributed by atoms with Crippen molar-refractivity contribution in [3.05, 3.63) is 0 Å². The minimum Gasteiger partial charge on any atom is -0.396 e. The van der Waals surface area contributed by atoms with Crippen molar-refractivity contribution in [3.8, 4) is 0 Å². The van der Waals surface area contributed by atoms with Crippen LogP contribution in [0.25, 0.3) is 0 Å². The smallest absolute Gasteiger partial charge is 0.222 e. The lowest BCUT2D eigenvalue weighted by atomic mass is 9.99. The van der Waals surface area contributed by atoms with Crippen molar-refractivity contribution >= 4 is 5.91 Å². The molecule has 0 aromatic rings. The Morgan fingerprint density at radius 2 is 2.13 bits per heavy atom. The third-order valence-electron chi connectivity index (χ3n) is 3.51. The van der Waals surface area contributed by atoms with Crippen LogP contribution in [0, 0.1) is 11.8 Å². The van der Waals surface area contributed by atoms with E-state index in [2.05, 4.69) is 13.8 Å². The Morgan fingerprint density at radius 1 is 1.47 bits per heavy atom. The first-order valence-electron chi connectivity index (χ1n) is 6.09. The highest BCUT2D eigenvalue weighted by molar-refractivity contribution is 5.76. The van der Waals surface area contributed by atoms with Gasteiger partial charge in [-0.2, -0.15) is 0 Å². The van der Waals surface area contributed by atoms with Crippen LogP contribution in [0.2, 0.25) is 0 Å². The lowest BCUT2D eigenvalue weighted by Gasteiger charge is -2.19. The van der Waals surface area contributed by atoms with Crippen LogP contribution in [0.3, 0.4) is 0 Å². The summed E-state index contributed by atoms with van der Waals surface area (Å²) in [6, 6.07) is 0. The second-order valence-corrected chi connectivity index (χ2v) is 4.56. The monoisotopic (exact) mass is 213 g/mol. The number of carbonyl (C=O) groups is 1. The maximum atomic E-state index is 11.9. The zero-order valence-electron chi connectivity index (χ0n) is 9.91. The third-order valence-corrected chi connectivity index (χ3v) is 3.51. The van der Waals surface area contributed by atoms with E-state index in [1.807, 2.05) is 4.90 Å². The van der Waals surface area contributed by atoms with Crippen LogP contribution in [0.1, 0.15) is 39.5 Å². The Hall–Kier alpha value is -0.570. The van der Waals surface area contributed by atoms with Gasteiger partial charge in [-0.25, -0.2) is 0 Å². The minimum absolute atomic E-state index is 0.217. The van der Waals surface area contributed by atoms with E-state index in [4.69, 9.17) is 5.11 Å². The molecule has 88 valence electrons. The molecule has 1 heterocycles. The number of likely N-dealkylation sites (tertiary alicyclic amines) is 1. The summed E-state index contributed by atoms with van der Waals surface area (Å²) in [6.07, 6.45) is 3.81. The summed E-state index contributed by atoms with van der Waals surface area (Å²) in [5.41, 5.74) is 0. The fourth-order valence-corrected chi connectivity index (χ4v) is 2.16. The predicted molar refractivity (Wildman–Crippen MR) is 60.5 cm³/mol. The Morgan fingerprint density at radius 3 is 2.60 bits per heavy atom. The van der Waals surface area contributed by atoms with Crippen LogP contribution in [0.4, 0.5) is 0 Å². The van der Waals surface area contributed by atoms with Gasteiger partial charge in [-0.3, -0.25) is 4.79 Å². The van der Waals surface area contributed by atoms with E-state index in [1.165, 1.54) is 0 Å². The molecule has 0 aromatic heterocycles. The standard InChI is InChI=1S/C12H23NO2/c1-3-10(4-2)7-12(15)13-6-5-11(8-13)9-14/h10-11,14H,3-9H2,1-2H3. The lowest BCUT2D eigenvalue weighted by Crippen LogP contribution is -2.30. The van der Waals surface area contributed by atoms with E-state index < -0.39 is 0 Å². The van der Waals surface area contributed by atoms with Crippen molar-refractivity contribution in [2.75, 3.05) is 19.7 Å². The summed E-state index contributed by atoms with van der Waals surface area (Å²) in [6.45, 7) is 6.10. The van der Waals surface area contributed by atoms with E-state index in [0.717, 1.165) is 32.4 Å². The van der Waals surface area contributed by atoms with E-state index in [-0.39, 0.29) is 12.5 Å². The van der Waals surface area contributed by atoms with Gasteiger partial charge in [0.2, 0.25) is 5.91 Å². The third kappa shape index (κ3) is 3.49. The Labute approximate surface area is 92.5 Å². The highest BCUT2D eigenvalue weighted by Gasteiger charge is 2.26. The molecule has 0 aliphatic carbocycles. The summed E-state index contributed by atoms with van der Waals surface area (Å²) in [5.74, 6) is 1.13. The molecule has 3 heteroatoms. The van der Waals surface area contributed by atoms with Gasteiger partial charge >= 0.3 is 0 Å². The van der Waals surface area contributed by atoms with Crippen molar-refractivity contribution in [2.45, 2.75) is 39.5 Å². The molecule has 0 spiro atoms. The molecule has 0 saturated carbocycles. The van der Waals surface area contributed by atoms with E-state index in [9.17, 15) is 4.79 Å². The Kier molecular flexibility index (Phi) is 5.09. The van der Waals surface area contributed by atoms with Crippen LogP contribution in [0.15, 0.2) is 0 Å². The zero-order chi connectivity index (χ0) is 11.3. The topological polar surface area (TPSA) is 40.5 Å². The number of carbonyl (C=O) groups excluding carboxylic acids is 1. The Bertz CT molecular complexity index is 202. The SMILES string of the molecule is CCC(CC)CC(=O)N1CCC(CO)C1. The van der Waals surface area contributed by atoms with Crippen molar-refractivity contribution in [1.29, 1.82) is 0 Å². The maximum absolute atomic E-state index is 11.9. The van der Waals surface area contributed by atoms with E-state index in [1.54, 1.807) is 0 Å². The van der Waals surface area contributed by atoms with Gasteiger partial charge in [0.25, 0.3) is 0 Å².